The zero-order chi connectivity index (χ0) is 18.2. The van der Waals surface area contributed by atoms with Crippen LogP contribution in [0.4, 0.5) is 5.13 Å². The normalized spacial score (nSPS) is 11.4. The molecule has 1 aromatic heterocycles. The molecule has 0 aliphatic heterocycles. The van der Waals surface area contributed by atoms with Crippen molar-refractivity contribution < 1.29 is 4.74 Å². The summed E-state index contributed by atoms with van der Waals surface area (Å²) in [6.45, 7) is 2.22. The lowest BCUT2D eigenvalue weighted by molar-refractivity contribution is 0.414. The molecule has 0 bridgehead atoms. The molecule has 0 aliphatic rings. The van der Waals surface area contributed by atoms with E-state index in [0.717, 1.165) is 35.4 Å². The predicted octanol–water partition coefficient (Wildman–Crippen LogP) is 3.08. The van der Waals surface area contributed by atoms with Crippen molar-refractivity contribution in [1.29, 1.82) is 0 Å². The second-order valence-corrected chi connectivity index (χ2v) is 6.64. The average molecular weight is 369 g/mol. The Balaban J connectivity index is 1.40. The number of benzene rings is 2. The molecule has 0 aliphatic carbocycles. The molecule has 0 atom stereocenters. The van der Waals surface area contributed by atoms with Crippen LogP contribution in [0.15, 0.2) is 53.5 Å². The highest BCUT2D eigenvalue weighted by Crippen LogP contribution is 2.24. The van der Waals surface area contributed by atoms with Crippen molar-refractivity contribution in [2.45, 2.75) is 6.54 Å². The van der Waals surface area contributed by atoms with Crippen molar-refractivity contribution >= 4 is 32.6 Å². The molecule has 0 spiro atoms. The first kappa shape index (κ1) is 18.0. The summed E-state index contributed by atoms with van der Waals surface area (Å²) in [5.41, 5.74) is 2.20. The topological polar surface area (TPSA) is 70.6 Å². The summed E-state index contributed by atoms with van der Waals surface area (Å²) in [7, 11) is 3.44. The average Bonchev–Trinajstić information content (AvgIpc) is 3.10. The third kappa shape index (κ3) is 4.86. The van der Waals surface area contributed by atoms with Crippen LogP contribution in [0, 0.1) is 0 Å². The van der Waals surface area contributed by atoms with E-state index in [4.69, 9.17) is 4.74 Å². The van der Waals surface area contributed by atoms with E-state index in [1.807, 2.05) is 42.5 Å². The highest BCUT2D eigenvalue weighted by atomic mass is 32.1. The number of hydrogen-bond donors (Lipinski definition) is 3. The minimum Gasteiger partial charge on any atom is -0.497 e. The summed E-state index contributed by atoms with van der Waals surface area (Å²) >= 11 is 1.67. The van der Waals surface area contributed by atoms with Gasteiger partial charge in [-0.05, 0) is 29.8 Å². The number of aliphatic imine (C=N–C) groups is 1. The van der Waals surface area contributed by atoms with Crippen molar-refractivity contribution in [3.63, 3.8) is 0 Å². The van der Waals surface area contributed by atoms with Gasteiger partial charge in [0.15, 0.2) is 11.1 Å². The van der Waals surface area contributed by atoms with Gasteiger partial charge in [0, 0.05) is 26.7 Å². The molecule has 0 unspecified atom stereocenters. The van der Waals surface area contributed by atoms with Crippen LogP contribution in [0.3, 0.4) is 0 Å². The first-order valence-corrected chi connectivity index (χ1v) is 9.27. The maximum Gasteiger partial charge on any atom is 0.191 e. The van der Waals surface area contributed by atoms with E-state index in [1.165, 1.54) is 10.3 Å². The lowest BCUT2D eigenvalue weighted by Crippen LogP contribution is -2.39. The van der Waals surface area contributed by atoms with Gasteiger partial charge in [-0.3, -0.25) is 4.99 Å². The van der Waals surface area contributed by atoms with Crippen molar-refractivity contribution in [2.75, 3.05) is 32.6 Å². The number of nitrogens with zero attached hydrogens (tertiary/aromatic N) is 2. The Morgan fingerprint density at radius 3 is 2.62 bits per heavy atom. The second-order valence-electron chi connectivity index (χ2n) is 5.61. The van der Waals surface area contributed by atoms with Crippen LogP contribution in [0.5, 0.6) is 5.75 Å². The zero-order valence-corrected chi connectivity index (χ0v) is 15.8. The highest BCUT2D eigenvalue weighted by molar-refractivity contribution is 7.22. The summed E-state index contributed by atoms with van der Waals surface area (Å²) in [6.07, 6.45) is 0. The van der Waals surface area contributed by atoms with Gasteiger partial charge in [-0.25, -0.2) is 4.98 Å². The first-order valence-electron chi connectivity index (χ1n) is 8.45. The number of nitrogens with one attached hydrogen (secondary N) is 3. The SMILES string of the molecule is CN=C(NCCNc1nc2ccccc2s1)NCc1ccc(OC)cc1. The fourth-order valence-electron chi connectivity index (χ4n) is 2.45. The number of hydrogen-bond acceptors (Lipinski definition) is 5. The van der Waals surface area contributed by atoms with Crippen LogP contribution < -0.4 is 20.7 Å². The molecule has 2 aromatic carbocycles. The van der Waals surface area contributed by atoms with Gasteiger partial charge in [0.05, 0.1) is 17.3 Å². The summed E-state index contributed by atoms with van der Waals surface area (Å²) in [5.74, 6) is 1.63. The summed E-state index contributed by atoms with van der Waals surface area (Å²) < 4.78 is 6.36. The Morgan fingerprint density at radius 2 is 1.88 bits per heavy atom. The number of anilines is 1. The molecule has 0 radical (unpaired) electrons. The van der Waals surface area contributed by atoms with Crippen molar-refractivity contribution in [2.24, 2.45) is 4.99 Å². The molecule has 136 valence electrons. The van der Waals surface area contributed by atoms with Crippen LogP contribution in [-0.4, -0.2) is 38.2 Å². The van der Waals surface area contributed by atoms with E-state index < -0.39 is 0 Å². The fraction of sp³-hybridized carbons (Fsp3) is 0.263. The molecule has 0 fully saturated rings. The highest BCUT2D eigenvalue weighted by Gasteiger charge is 2.02. The number of thiazole rings is 1. The molecule has 7 heteroatoms. The van der Waals surface area contributed by atoms with Crippen LogP contribution in [0.1, 0.15) is 5.56 Å². The third-order valence-electron chi connectivity index (χ3n) is 3.83. The molecule has 6 nitrogen and oxygen atoms in total. The molecule has 0 saturated heterocycles. The van der Waals surface area contributed by atoms with Crippen molar-refractivity contribution in [3.8, 4) is 5.75 Å². The number of fused-ring (bicyclic) bond motifs is 1. The minimum absolute atomic E-state index is 0.703. The van der Waals surface area contributed by atoms with Crippen LogP contribution >= 0.6 is 11.3 Å². The maximum absolute atomic E-state index is 5.17. The van der Waals surface area contributed by atoms with Gasteiger partial charge in [-0.1, -0.05) is 35.6 Å². The Labute approximate surface area is 157 Å². The monoisotopic (exact) mass is 369 g/mol. The van der Waals surface area contributed by atoms with Gasteiger partial charge < -0.3 is 20.7 Å². The number of para-hydroxylation sites is 1. The lowest BCUT2D eigenvalue weighted by atomic mass is 10.2. The molecule has 0 saturated carbocycles. The van der Waals surface area contributed by atoms with Gasteiger partial charge in [0.25, 0.3) is 0 Å². The maximum atomic E-state index is 5.17. The van der Waals surface area contributed by atoms with Gasteiger partial charge in [-0.2, -0.15) is 0 Å². The van der Waals surface area contributed by atoms with Crippen LogP contribution in [0.25, 0.3) is 10.2 Å². The molecule has 3 aromatic rings. The Kier molecular flexibility index (Phi) is 6.27. The van der Waals surface area contributed by atoms with Gasteiger partial charge >= 0.3 is 0 Å². The molecule has 1 heterocycles. The summed E-state index contributed by atoms with van der Waals surface area (Å²) in [5, 5.41) is 10.9. The number of rotatable bonds is 7. The standard InChI is InChI=1S/C19H23N5OS/c1-20-18(23-13-14-7-9-15(25-2)10-8-14)21-11-12-22-19-24-16-5-3-4-6-17(16)26-19/h3-10H,11-13H2,1-2H3,(H,22,24)(H2,20,21,23). The smallest absolute Gasteiger partial charge is 0.191 e. The Hall–Kier alpha value is -2.80. The van der Waals surface area contributed by atoms with E-state index in [1.54, 1.807) is 25.5 Å². The molecule has 3 N–H and O–H groups in total. The van der Waals surface area contributed by atoms with Gasteiger partial charge in [0.2, 0.25) is 0 Å². The summed E-state index contributed by atoms with van der Waals surface area (Å²) in [4.78, 5) is 8.81. The number of methoxy groups -OCH3 is 1. The van der Waals surface area contributed by atoms with E-state index in [9.17, 15) is 0 Å². The quantitative estimate of drug-likeness (QED) is 0.339. The van der Waals surface area contributed by atoms with Crippen LogP contribution in [-0.2, 0) is 6.54 Å². The Morgan fingerprint density at radius 1 is 1.08 bits per heavy atom. The number of guanidine groups is 1. The van der Waals surface area contributed by atoms with Crippen molar-refractivity contribution in [3.05, 3.63) is 54.1 Å². The van der Waals surface area contributed by atoms with Crippen molar-refractivity contribution in [1.82, 2.24) is 15.6 Å². The van der Waals surface area contributed by atoms with E-state index in [2.05, 4.69) is 32.0 Å². The molecule has 3 rings (SSSR count). The van der Waals surface area contributed by atoms with Gasteiger partial charge in [-0.15, -0.1) is 0 Å². The zero-order valence-electron chi connectivity index (χ0n) is 15.0. The predicted molar refractivity (Wildman–Crippen MR) is 109 cm³/mol. The minimum atomic E-state index is 0.703. The van der Waals surface area contributed by atoms with E-state index in [0.29, 0.717) is 6.54 Å². The molecular formula is C19H23N5OS. The number of ether oxygens (including phenoxy) is 1. The lowest BCUT2D eigenvalue weighted by Gasteiger charge is -2.12. The second kappa shape index (κ2) is 9.05. The van der Waals surface area contributed by atoms with Gasteiger partial charge in [0.1, 0.15) is 5.75 Å². The van der Waals surface area contributed by atoms with E-state index in [-0.39, 0.29) is 0 Å². The summed E-state index contributed by atoms with van der Waals surface area (Å²) in [6, 6.07) is 16.1. The third-order valence-corrected chi connectivity index (χ3v) is 4.82. The number of aromatic nitrogens is 1. The Bertz CT molecular complexity index is 827. The first-order chi connectivity index (χ1) is 12.8. The molecular weight excluding hydrogens is 346 g/mol. The molecule has 26 heavy (non-hydrogen) atoms. The fourth-order valence-corrected chi connectivity index (χ4v) is 3.34. The largest absolute Gasteiger partial charge is 0.497 e. The van der Waals surface area contributed by atoms with Crippen LogP contribution in [0.2, 0.25) is 0 Å². The van der Waals surface area contributed by atoms with E-state index >= 15 is 0 Å². The molecule has 0 amide bonds.